The summed E-state index contributed by atoms with van der Waals surface area (Å²) in [5.74, 6) is 2.06. The minimum Gasteiger partial charge on any atom is -0.486 e. The van der Waals surface area contributed by atoms with Gasteiger partial charge in [-0.2, -0.15) is 0 Å². The molecule has 0 aliphatic carbocycles. The SMILES string of the molecule is CC(C)[C@H](N)c1ccc2c(c1)OCCO2. The average Bonchev–Trinajstić information content (AvgIpc) is 2.27. The third-order valence-electron chi connectivity index (χ3n) is 2.67. The van der Waals surface area contributed by atoms with Crippen LogP contribution in [0.5, 0.6) is 11.5 Å². The molecule has 0 bridgehead atoms. The zero-order valence-corrected chi connectivity index (χ0v) is 9.19. The molecule has 1 aromatic rings. The average molecular weight is 207 g/mol. The molecule has 1 aliphatic rings. The topological polar surface area (TPSA) is 44.5 Å². The first kappa shape index (κ1) is 10.3. The van der Waals surface area contributed by atoms with Crippen molar-refractivity contribution in [2.45, 2.75) is 19.9 Å². The van der Waals surface area contributed by atoms with Crippen LogP contribution in [0.2, 0.25) is 0 Å². The number of hydrogen-bond acceptors (Lipinski definition) is 3. The van der Waals surface area contributed by atoms with E-state index in [1.165, 1.54) is 0 Å². The highest BCUT2D eigenvalue weighted by molar-refractivity contribution is 5.44. The van der Waals surface area contributed by atoms with E-state index in [0.29, 0.717) is 19.1 Å². The van der Waals surface area contributed by atoms with Crippen LogP contribution in [-0.2, 0) is 0 Å². The molecule has 0 spiro atoms. The Morgan fingerprint density at radius 3 is 2.47 bits per heavy atom. The Bertz CT molecular complexity index is 349. The number of rotatable bonds is 2. The Balaban J connectivity index is 2.27. The summed E-state index contributed by atoms with van der Waals surface area (Å²) in [5.41, 5.74) is 7.18. The number of ether oxygens (including phenoxy) is 2. The van der Waals surface area contributed by atoms with Gasteiger partial charge in [-0.1, -0.05) is 19.9 Å². The summed E-state index contributed by atoms with van der Waals surface area (Å²) < 4.78 is 11.0. The van der Waals surface area contributed by atoms with Crippen LogP contribution in [0.3, 0.4) is 0 Å². The summed E-state index contributed by atoms with van der Waals surface area (Å²) in [7, 11) is 0. The second kappa shape index (κ2) is 4.11. The molecule has 82 valence electrons. The van der Waals surface area contributed by atoms with Gasteiger partial charge in [-0.05, 0) is 23.6 Å². The second-order valence-corrected chi connectivity index (χ2v) is 4.17. The summed E-state index contributed by atoms with van der Waals surface area (Å²) in [4.78, 5) is 0. The van der Waals surface area contributed by atoms with Crippen molar-refractivity contribution in [2.75, 3.05) is 13.2 Å². The Hall–Kier alpha value is -1.22. The fourth-order valence-corrected chi connectivity index (χ4v) is 1.65. The van der Waals surface area contributed by atoms with E-state index >= 15 is 0 Å². The van der Waals surface area contributed by atoms with Crippen LogP contribution in [0.25, 0.3) is 0 Å². The molecule has 0 amide bonds. The van der Waals surface area contributed by atoms with E-state index in [-0.39, 0.29) is 6.04 Å². The van der Waals surface area contributed by atoms with Gasteiger partial charge in [0.2, 0.25) is 0 Å². The van der Waals surface area contributed by atoms with E-state index in [2.05, 4.69) is 13.8 Å². The lowest BCUT2D eigenvalue weighted by Crippen LogP contribution is -2.19. The molecule has 0 saturated carbocycles. The molecule has 2 rings (SSSR count). The van der Waals surface area contributed by atoms with Crippen LogP contribution in [0, 0.1) is 5.92 Å². The van der Waals surface area contributed by atoms with Crippen molar-refractivity contribution in [3.63, 3.8) is 0 Å². The third kappa shape index (κ3) is 2.07. The molecule has 0 aromatic heterocycles. The molecule has 1 aromatic carbocycles. The molecule has 15 heavy (non-hydrogen) atoms. The minimum absolute atomic E-state index is 0.0563. The summed E-state index contributed by atoms with van der Waals surface area (Å²) >= 11 is 0. The van der Waals surface area contributed by atoms with Crippen LogP contribution in [0.4, 0.5) is 0 Å². The highest BCUT2D eigenvalue weighted by Crippen LogP contribution is 2.33. The van der Waals surface area contributed by atoms with Crippen LogP contribution < -0.4 is 15.2 Å². The maximum atomic E-state index is 6.07. The second-order valence-electron chi connectivity index (χ2n) is 4.17. The lowest BCUT2D eigenvalue weighted by Gasteiger charge is -2.21. The van der Waals surface area contributed by atoms with Crippen molar-refractivity contribution in [1.82, 2.24) is 0 Å². The van der Waals surface area contributed by atoms with E-state index in [9.17, 15) is 0 Å². The lowest BCUT2D eigenvalue weighted by molar-refractivity contribution is 0.171. The smallest absolute Gasteiger partial charge is 0.161 e. The van der Waals surface area contributed by atoms with Gasteiger partial charge < -0.3 is 15.2 Å². The molecule has 2 N–H and O–H groups in total. The number of fused-ring (bicyclic) bond motifs is 1. The van der Waals surface area contributed by atoms with Crippen LogP contribution in [0.1, 0.15) is 25.5 Å². The summed E-state index contributed by atoms with van der Waals surface area (Å²) in [6, 6.07) is 5.99. The standard InChI is InChI=1S/C12H17NO2/c1-8(2)12(13)9-3-4-10-11(7-9)15-6-5-14-10/h3-4,7-8,12H,5-6,13H2,1-2H3/t12-/m0/s1. The maximum Gasteiger partial charge on any atom is 0.161 e. The van der Waals surface area contributed by atoms with Gasteiger partial charge in [0.1, 0.15) is 13.2 Å². The van der Waals surface area contributed by atoms with Gasteiger partial charge in [0, 0.05) is 6.04 Å². The molecule has 3 nitrogen and oxygen atoms in total. The fraction of sp³-hybridized carbons (Fsp3) is 0.500. The van der Waals surface area contributed by atoms with Crippen LogP contribution >= 0.6 is 0 Å². The molecule has 0 radical (unpaired) electrons. The maximum absolute atomic E-state index is 6.07. The quantitative estimate of drug-likeness (QED) is 0.807. The number of nitrogens with two attached hydrogens (primary N) is 1. The van der Waals surface area contributed by atoms with Crippen LogP contribution in [-0.4, -0.2) is 13.2 Å². The van der Waals surface area contributed by atoms with Gasteiger partial charge in [-0.15, -0.1) is 0 Å². The van der Waals surface area contributed by atoms with E-state index in [4.69, 9.17) is 15.2 Å². The zero-order chi connectivity index (χ0) is 10.8. The van der Waals surface area contributed by atoms with Gasteiger partial charge in [0.05, 0.1) is 0 Å². The van der Waals surface area contributed by atoms with Crippen LogP contribution in [0.15, 0.2) is 18.2 Å². The van der Waals surface area contributed by atoms with Crippen molar-refractivity contribution >= 4 is 0 Å². The normalized spacial score (nSPS) is 16.5. The first-order valence-electron chi connectivity index (χ1n) is 5.33. The monoisotopic (exact) mass is 207 g/mol. The molecule has 1 aliphatic heterocycles. The number of benzene rings is 1. The van der Waals surface area contributed by atoms with Gasteiger partial charge >= 0.3 is 0 Å². The molecule has 0 fully saturated rings. The molecule has 0 unspecified atom stereocenters. The van der Waals surface area contributed by atoms with Crippen molar-refractivity contribution in [1.29, 1.82) is 0 Å². The zero-order valence-electron chi connectivity index (χ0n) is 9.19. The van der Waals surface area contributed by atoms with Crippen molar-refractivity contribution in [2.24, 2.45) is 11.7 Å². The van der Waals surface area contributed by atoms with E-state index in [1.54, 1.807) is 0 Å². The van der Waals surface area contributed by atoms with Gasteiger partial charge in [0.15, 0.2) is 11.5 Å². The lowest BCUT2D eigenvalue weighted by atomic mass is 9.97. The first-order chi connectivity index (χ1) is 7.18. The van der Waals surface area contributed by atoms with Crippen molar-refractivity contribution in [3.8, 4) is 11.5 Å². The molecule has 1 atom stereocenters. The van der Waals surface area contributed by atoms with E-state index < -0.39 is 0 Å². The Labute approximate surface area is 90.2 Å². The highest BCUT2D eigenvalue weighted by atomic mass is 16.6. The predicted molar refractivity (Wildman–Crippen MR) is 59.2 cm³/mol. The predicted octanol–water partition coefficient (Wildman–Crippen LogP) is 2.11. The Kier molecular flexibility index (Phi) is 2.82. The van der Waals surface area contributed by atoms with Crippen molar-refractivity contribution in [3.05, 3.63) is 23.8 Å². The van der Waals surface area contributed by atoms with Gasteiger partial charge in [-0.3, -0.25) is 0 Å². The summed E-state index contributed by atoms with van der Waals surface area (Å²) in [6.45, 7) is 5.47. The Morgan fingerprint density at radius 2 is 1.80 bits per heavy atom. The highest BCUT2D eigenvalue weighted by Gasteiger charge is 2.16. The third-order valence-corrected chi connectivity index (χ3v) is 2.67. The molecule has 0 saturated heterocycles. The largest absolute Gasteiger partial charge is 0.486 e. The Morgan fingerprint density at radius 1 is 1.13 bits per heavy atom. The summed E-state index contributed by atoms with van der Waals surface area (Å²) in [6.07, 6.45) is 0. The van der Waals surface area contributed by atoms with E-state index in [1.807, 2.05) is 18.2 Å². The van der Waals surface area contributed by atoms with Gasteiger partial charge in [-0.25, -0.2) is 0 Å². The number of hydrogen-bond donors (Lipinski definition) is 1. The molecule has 1 heterocycles. The van der Waals surface area contributed by atoms with Crippen molar-refractivity contribution < 1.29 is 9.47 Å². The molecular formula is C12H17NO2. The summed E-state index contributed by atoms with van der Waals surface area (Å²) in [5, 5.41) is 0. The van der Waals surface area contributed by atoms with E-state index in [0.717, 1.165) is 17.1 Å². The molecular weight excluding hydrogens is 190 g/mol. The first-order valence-corrected chi connectivity index (χ1v) is 5.33. The fourth-order valence-electron chi connectivity index (χ4n) is 1.65. The molecule has 3 heteroatoms. The minimum atomic E-state index is 0.0563. The van der Waals surface area contributed by atoms with Gasteiger partial charge in [0.25, 0.3) is 0 Å².